The van der Waals surface area contributed by atoms with E-state index in [1.165, 1.54) is 27.3 Å². The molecule has 0 spiro atoms. The largest absolute Gasteiger partial charge is 0.456 e. The van der Waals surface area contributed by atoms with Gasteiger partial charge in [0.05, 0.1) is 0 Å². The minimum atomic E-state index is 0.609. The van der Waals surface area contributed by atoms with Crippen molar-refractivity contribution in [2.75, 3.05) is 0 Å². The lowest BCUT2D eigenvalue weighted by molar-refractivity contribution is 0.669. The number of allylic oxidation sites excluding steroid dienone is 1. The third-order valence-electron chi connectivity index (χ3n) is 10.0. The summed E-state index contributed by atoms with van der Waals surface area (Å²) in [4.78, 5) is 10.7. The maximum atomic E-state index is 6.54. The van der Waals surface area contributed by atoms with Crippen molar-refractivity contribution < 1.29 is 4.42 Å². The van der Waals surface area contributed by atoms with Crippen LogP contribution in [0.1, 0.15) is 30.5 Å². The van der Waals surface area contributed by atoms with Crippen molar-refractivity contribution in [3.63, 3.8) is 0 Å². The first-order valence-corrected chi connectivity index (χ1v) is 18.3. The lowest BCUT2D eigenvalue weighted by Crippen LogP contribution is -2.04. The van der Waals surface area contributed by atoms with Gasteiger partial charge in [0.15, 0.2) is 5.84 Å². The molecule has 8 aromatic carbocycles. The summed E-state index contributed by atoms with van der Waals surface area (Å²) in [5.74, 6) is 0.609. The Morgan fingerprint density at radius 3 is 1.78 bits per heavy atom. The van der Waals surface area contributed by atoms with Crippen molar-refractivity contribution in [1.82, 2.24) is 0 Å². The van der Waals surface area contributed by atoms with Crippen molar-refractivity contribution in [3.8, 4) is 22.3 Å². The number of fused-ring (bicyclic) bond motifs is 5. The Morgan fingerprint density at radius 2 is 1.07 bits per heavy atom. The van der Waals surface area contributed by atoms with Crippen molar-refractivity contribution in [3.05, 3.63) is 204 Å². The minimum Gasteiger partial charge on any atom is -0.456 e. The van der Waals surface area contributed by atoms with E-state index in [0.29, 0.717) is 11.5 Å². The van der Waals surface area contributed by atoms with Crippen LogP contribution < -0.4 is 0 Å². The van der Waals surface area contributed by atoms with E-state index in [1.807, 2.05) is 37.3 Å². The molecule has 0 atom stereocenters. The van der Waals surface area contributed by atoms with E-state index in [1.54, 1.807) is 0 Å². The highest BCUT2D eigenvalue weighted by atomic mass is 16.3. The molecule has 0 aliphatic heterocycles. The molecule has 0 saturated carbocycles. The average Bonchev–Trinajstić information content (AvgIpc) is 3.62. The molecule has 0 bridgehead atoms. The summed E-state index contributed by atoms with van der Waals surface area (Å²) < 4.78 is 6.54. The van der Waals surface area contributed by atoms with E-state index >= 15 is 0 Å². The van der Waals surface area contributed by atoms with Crippen molar-refractivity contribution in [2.24, 2.45) is 9.98 Å². The minimum absolute atomic E-state index is 0.609. The fourth-order valence-corrected chi connectivity index (χ4v) is 7.31. The van der Waals surface area contributed by atoms with Crippen LogP contribution >= 0.6 is 0 Å². The van der Waals surface area contributed by atoms with Gasteiger partial charge in [-0.3, -0.25) is 0 Å². The first-order valence-electron chi connectivity index (χ1n) is 18.3. The van der Waals surface area contributed by atoms with Gasteiger partial charge in [-0.15, -0.1) is 0 Å². The van der Waals surface area contributed by atoms with E-state index in [2.05, 4.69) is 164 Å². The van der Waals surface area contributed by atoms with Crippen molar-refractivity contribution >= 4 is 60.7 Å². The molecule has 0 unspecified atom stereocenters. The fraction of sp³-hybridized carbons (Fsp3) is 0.0392. The smallest absolute Gasteiger partial charge is 0.160 e. The molecule has 0 saturated heterocycles. The lowest BCUT2D eigenvalue weighted by atomic mass is 9.95. The molecule has 3 nitrogen and oxygen atoms in total. The zero-order chi connectivity index (χ0) is 36.4. The predicted octanol–water partition coefficient (Wildman–Crippen LogP) is 13.7. The summed E-state index contributed by atoms with van der Waals surface area (Å²) in [5, 5.41) is 6.71. The number of hydrogen-bond acceptors (Lipinski definition) is 2. The van der Waals surface area contributed by atoms with Crippen LogP contribution in [0.25, 0.3) is 71.4 Å². The summed E-state index contributed by atoms with van der Waals surface area (Å²) in [6, 6.07) is 61.4. The Balaban J connectivity index is 1.23. The third kappa shape index (κ3) is 6.24. The Bertz CT molecular complexity index is 2980. The molecular formula is C51H36N2O. The summed E-state index contributed by atoms with van der Waals surface area (Å²) in [7, 11) is 0. The van der Waals surface area contributed by atoms with Crippen LogP contribution in [0.5, 0.6) is 0 Å². The SMILES string of the molecule is CC=C=C(/N=C(\N=C(/C)c1ccc2ccccc2c1)c1ccc2ccccc2c1)c1cccc2oc3cccc(-c4ccc(-c5ccccc5)cc4)c3c12. The molecule has 1 heterocycles. The number of benzene rings is 8. The molecule has 0 aliphatic rings. The molecule has 3 heteroatoms. The highest BCUT2D eigenvalue weighted by Gasteiger charge is 2.19. The Kier molecular flexibility index (Phi) is 8.61. The first-order chi connectivity index (χ1) is 26.6. The summed E-state index contributed by atoms with van der Waals surface area (Å²) >= 11 is 0. The highest BCUT2D eigenvalue weighted by Crippen LogP contribution is 2.41. The van der Waals surface area contributed by atoms with Crippen LogP contribution in [0.3, 0.4) is 0 Å². The van der Waals surface area contributed by atoms with Gasteiger partial charge >= 0.3 is 0 Å². The van der Waals surface area contributed by atoms with E-state index in [0.717, 1.165) is 60.9 Å². The zero-order valence-corrected chi connectivity index (χ0v) is 30.1. The van der Waals surface area contributed by atoms with Crippen LogP contribution in [-0.2, 0) is 0 Å². The quantitative estimate of drug-likeness (QED) is 0.0971. The molecule has 256 valence electrons. The van der Waals surface area contributed by atoms with Gasteiger partial charge in [0.25, 0.3) is 0 Å². The number of rotatable bonds is 6. The Labute approximate surface area is 314 Å². The van der Waals surface area contributed by atoms with Crippen LogP contribution in [0.15, 0.2) is 202 Å². The Morgan fingerprint density at radius 1 is 0.500 bits per heavy atom. The molecule has 1 aromatic heterocycles. The molecule has 0 N–H and O–H groups in total. The number of nitrogens with zero attached hydrogens (tertiary/aromatic N) is 2. The van der Waals surface area contributed by atoms with Gasteiger partial charge in [-0.1, -0.05) is 157 Å². The van der Waals surface area contributed by atoms with Crippen LogP contribution in [0.2, 0.25) is 0 Å². The van der Waals surface area contributed by atoms with Crippen molar-refractivity contribution in [2.45, 2.75) is 13.8 Å². The second-order valence-corrected chi connectivity index (χ2v) is 13.4. The zero-order valence-electron chi connectivity index (χ0n) is 30.1. The highest BCUT2D eigenvalue weighted by molar-refractivity contribution is 6.18. The molecule has 0 fully saturated rings. The summed E-state index contributed by atoms with van der Waals surface area (Å²) in [5.41, 5.74) is 14.2. The van der Waals surface area contributed by atoms with Gasteiger partial charge in [0.1, 0.15) is 16.9 Å². The second-order valence-electron chi connectivity index (χ2n) is 13.4. The van der Waals surface area contributed by atoms with E-state index in [9.17, 15) is 0 Å². The maximum Gasteiger partial charge on any atom is 0.160 e. The van der Waals surface area contributed by atoms with Gasteiger partial charge < -0.3 is 4.42 Å². The summed E-state index contributed by atoms with van der Waals surface area (Å²) in [6.07, 6.45) is 1.92. The second kappa shape index (κ2) is 14.2. The summed E-state index contributed by atoms with van der Waals surface area (Å²) in [6.45, 7) is 4.03. The molecule has 9 aromatic rings. The maximum absolute atomic E-state index is 6.54. The first kappa shape index (κ1) is 32.8. The standard InChI is InChI=1S/C51H36N2O/c1-3-13-46(53-51(43-31-27-37-17-8-10-19-42(37)33-43)52-34(2)40-30-26-36-16-7-9-18-41(36)32-40)45-21-12-23-48-50(45)49-44(20-11-22-47(49)54-48)39-28-24-38(25-29-39)35-14-5-4-6-15-35/h3-12,14-33H,1-2H3/b52-34+,53-51-. The monoisotopic (exact) mass is 692 g/mol. The average molecular weight is 693 g/mol. The fourth-order valence-electron chi connectivity index (χ4n) is 7.31. The van der Waals surface area contributed by atoms with Crippen LogP contribution in [0.4, 0.5) is 0 Å². The molecule has 9 rings (SSSR count). The van der Waals surface area contributed by atoms with Gasteiger partial charge in [-0.25, -0.2) is 9.98 Å². The van der Waals surface area contributed by atoms with Gasteiger partial charge in [-0.2, -0.15) is 0 Å². The van der Waals surface area contributed by atoms with Gasteiger partial charge in [-0.05, 0) is 93.6 Å². The Hall–Kier alpha value is -7.06. The van der Waals surface area contributed by atoms with E-state index in [-0.39, 0.29) is 0 Å². The normalized spacial score (nSPS) is 12.0. The lowest BCUT2D eigenvalue weighted by Gasteiger charge is -2.10. The molecule has 0 aliphatic carbocycles. The molecule has 0 radical (unpaired) electrons. The van der Waals surface area contributed by atoms with Gasteiger partial charge in [0, 0.05) is 27.6 Å². The molecule has 54 heavy (non-hydrogen) atoms. The number of furan rings is 1. The number of amidine groups is 1. The van der Waals surface area contributed by atoms with E-state index in [4.69, 9.17) is 14.4 Å². The van der Waals surface area contributed by atoms with Gasteiger partial charge in [0.2, 0.25) is 0 Å². The van der Waals surface area contributed by atoms with Crippen LogP contribution in [-0.4, -0.2) is 11.5 Å². The van der Waals surface area contributed by atoms with E-state index < -0.39 is 0 Å². The molecule has 0 amide bonds. The third-order valence-corrected chi connectivity index (χ3v) is 10.0. The number of hydrogen-bond donors (Lipinski definition) is 0. The van der Waals surface area contributed by atoms with Crippen molar-refractivity contribution in [1.29, 1.82) is 0 Å². The number of aliphatic imine (C=N–C) groups is 2. The molecular weight excluding hydrogens is 657 g/mol. The predicted molar refractivity (Wildman–Crippen MR) is 228 cm³/mol. The van der Waals surface area contributed by atoms with Crippen LogP contribution in [0, 0.1) is 0 Å². The topological polar surface area (TPSA) is 37.9 Å².